The van der Waals surface area contributed by atoms with E-state index in [1.54, 1.807) is 0 Å². The van der Waals surface area contributed by atoms with E-state index in [9.17, 15) is 4.79 Å². The zero-order chi connectivity index (χ0) is 19.8. The minimum Gasteiger partial charge on any atom is -0.325 e. The van der Waals surface area contributed by atoms with Crippen molar-refractivity contribution in [2.75, 3.05) is 5.32 Å². The summed E-state index contributed by atoms with van der Waals surface area (Å²) >= 11 is 6.49. The van der Waals surface area contributed by atoms with E-state index < -0.39 is 0 Å². The van der Waals surface area contributed by atoms with Crippen LogP contribution in [0.15, 0.2) is 84.9 Å². The molecule has 5 rings (SSSR count). The van der Waals surface area contributed by atoms with Crippen LogP contribution in [0.5, 0.6) is 0 Å². The number of amides is 1. The summed E-state index contributed by atoms with van der Waals surface area (Å²) in [5.74, 6) is -0.0410. The van der Waals surface area contributed by atoms with Crippen molar-refractivity contribution in [1.82, 2.24) is 4.98 Å². The summed E-state index contributed by atoms with van der Waals surface area (Å²) in [4.78, 5) is 17.6. The van der Waals surface area contributed by atoms with Gasteiger partial charge >= 0.3 is 0 Å². The molecule has 140 valence electrons. The Kier molecular flexibility index (Phi) is 4.38. The van der Waals surface area contributed by atoms with Crippen molar-refractivity contribution in [1.29, 1.82) is 0 Å². The second-order valence-corrected chi connectivity index (χ2v) is 7.41. The number of aromatic nitrogens is 1. The number of halogens is 1. The summed E-state index contributed by atoms with van der Waals surface area (Å²) < 4.78 is 0. The number of carbonyl (C=O) groups is 1. The summed E-state index contributed by atoms with van der Waals surface area (Å²) in [6.07, 6.45) is 0.268. The first-order valence-electron chi connectivity index (χ1n) is 9.44. The molecule has 0 spiro atoms. The fraction of sp³-hybridized carbons (Fsp3) is 0.0400. The maximum absolute atomic E-state index is 12.6. The Hall–Kier alpha value is -3.43. The second kappa shape index (κ2) is 7.19. The van der Waals surface area contributed by atoms with Crippen molar-refractivity contribution in [2.45, 2.75) is 6.42 Å². The Morgan fingerprint density at radius 1 is 0.793 bits per heavy atom. The number of benzene rings is 3. The molecule has 1 N–H and O–H groups in total. The van der Waals surface area contributed by atoms with Crippen molar-refractivity contribution in [3.05, 3.63) is 95.5 Å². The van der Waals surface area contributed by atoms with Gasteiger partial charge in [0.25, 0.3) is 0 Å². The molecule has 0 unspecified atom stereocenters. The highest BCUT2D eigenvalue weighted by molar-refractivity contribution is 6.33. The quantitative estimate of drug-likeness (QED) is 0.436. The van der Waals surface area contributed by atoms with Gasteiger partial charge in [-0.25, -0.2) is 4.98 Å². The van der Waals surface area contributed by atoms with Gasteiger partial charge in [0.1, 0.15) is 0 Å². The summed E-state index contributed by atoms with van der Waals surface area (Å²) in [7, 11) is 0. The molecular formula is C25H17ClN2O. The first kappa shape index (κ1) is 17.7. The highest BCUT2D eigenvalue weighted by atomic mass is 35.5. The average Bonchev–Trinajstić information content (AvgIpc) is 2.89. The highest BCUT2D eigenvalue weighted by Crippen LogP contribution is 2.40. The Morgan fingerprint density at radius 2 is 1.48 bits per heavy atom. The van der Waals surface area contributed by atoms with E-state index in [4.69, 9.17) is 16.6 Å². The fourth-order valence-electron chi connectivity index (χ4n) is 3.81. The van der Waals surface area contributed by atoms with E-state index in [0.717, 1.165) is 44.9 Å². The lowest BCUT2D eigenvalue weighted by atomic mass is 9.92. The van der Waals surface area contributed by atoms with Gasteiger partial charge in [0, 0.05) is 16.1 Å². The normalized spacial score (nSPS) is 12.5. The lowest BCUT2D eigenvalue weighted by molar-refractivity contribution is -0.115. The van der Waals surface area contributed by atoms with Crippen LogP contribution < -0.4 is 5.32 Å². The minimum atomic E-state index is -0.0410. The second-order valence-electron chi connectivity index (χ2n) is 7.00. The first-order valence-corrected chi connectivity index (χ1v) is 9.82. The van der Waals surface area contributed by atoms with E-state index in [1.165, 1.54) is 0 Å². The van der Waals surface area contributed by atoms with E-state index in [1.807, 2.05) is 72.8 Å². The Morgan fingerprint density at radius 3 is 2.28 bits per heavy atom. The molecule has 0 saturated heterocycles. The Labute approximate surface area is 174 Å². The molecule has 0 aliphatic carbocycles. The summed E-state index contributed by atoms with van der Waals surface area (Å²) in [6.45, 7) is 0. The third-order valence-corrected chi connectivity index (χ3v) is 5.48. The average molecular weight is 397 g/mol. The monoisotopic (exact) mass is 396 g/mol. The van der Waals surface area contributed by atoms with Crippen LogP contribution in [-0.2, 0) is 11.2 Å². The van der Waals surface area contributed by atoms with Crippen molar-refractivity contribution >= 4 is 23.2 Å². The molecule has 0 radical (unpaired) electrons. The molecule has 0 saturated carbocycles. The first-order chi connectivity index (χ1) is 14.2. The van der Waals surface area contributed by atoms with Crippen LogP contribution in [0.2, 0.25) is 5.02 Å². The predicted octanol–water partition coefficient (Wildman–Crippen LogP) is 6.23. The molecule has 2 heterocycles. The van der Waals surface area contributed by atoms with Gasteiger partial charge in [-0.05, 0) is 34.9 Å². The van der Waals surface area contributed by atoms with Gasteiger partial charge in [0.15, 0.2) is 0 Å². The van der Waals surface area contributed by atoms with Gasteiger partial charge in [0.2, 0.25) is 5.91 Å². The largest absolute Gasteiger partial charge is 0.325 e. The van der Waals surface area contributed by atoms with Crippen LogP contribution in [0.25, 0.3) is 33.6 Å². The lowest BCUT2D eigenvalue weighted by Crippen LogP contribution is -2.13. The number of fused-ring (bicyclic) bond motifs is 3. The van der Waals surface area contributed by atoms with Crippen LogP contribution in [0.4, 0.5) is 5.69 Å². The number of hydrogen-bond donors (Lipinski definition) is 1. The summed E-state index contributed by atoms with van der Waals surface area (Å²) in [6, 6.07) is 27.6. The minimum absolute atomic E-state index is 0.0410. The molecule has 1 aliphatic rings. The fourth-order valence-corrected chi connectivity index (χ4v) is 4.04. The van der Waals surface area contributed by atoms with Crippen molar-refractivity contribution < 1.29 is 4.79 Å². The molecule has 3 aromatic carbocycles. The van der Waals surface area contributed by atoms with Gasteiger partial charge in [-0.15, -0.1) is 0 Å². The Bertz CT molecular complexity index is 1230. The number of hydrogen-bond acceptors (Lipinski definition) is 2. The van der Waals surface area contributed by atoms with E-state index >= 15 is 0 Å². The summed E-state index contributed by atoms with van der Waals surface area (Å²) in [5, 5.41) is 3.66. The van der Waals surface area contributed by atoms with Crippen LogP contribution in [0.1, 0.15) is 5.56 Å². The molecule has 29 heavy (non-hydrogen) atoms. The number of pyridine rings is 1. The molecule has 3 nitrogen and oxygen atoms in total. The van der Waals surface area contributed by atoms with Gasteiger partial charge in [-0.1, -0.05) is 78.3 Å². The SMILES string of the molecule is O=C1Cc2c(-c3ccccc3)cc(-c3ccccc3Cl)nc2-c2ccccc2N1. The molecule has 4 aromatic rings. The number of anilines is 1. The van der Waals surface area contributed by atoms with Crippen molar-refractivity contribution in [3.63, 3.8) is 0 Å². The number of carbonyl (C=O) groups excluding carboxylic acids is 1. The molecule has 0 fully saturated rings. The van der Waals surface area contributed by atoms with E-state index in [2.05, 4.69) is 17.4 Å². The number of para-hydroxylation sites is 1. The van der Waals surface area contributed by atoms with Crippen LogP contribution in [0.3, 0.4) is 0 Å². The molecule has 0 bridgehead atoms. The predicted molar refractivity (Wildman–Crippen MR) is 118 cm³/mol. The number of nitrogens with zero attached hydrogens (tertiary/aromatic N) is 1. The zero-order valence-corrected chi connectivity index (χ0v) is 16.3. The standard InChI is InChI=1S/C25H17ClN2O/c26-21-12-6-4-10-17(21)23-14-19(16-8-2-1-3-9-16)20-15-24(29)27-22-13-7-5-11-18(22)25(20)28-23/h1-14H,15H2,(H,27,29). The molecule has 1 aliphatic heterocycles. The maximum Gasteiger partial charge on any atom is 0.228 e. The van der Waals surface area contributed by atoms with Crippen LogP contribution in [0, 0.1) is 0 Å². The van der Waals surface area contributed by atoms with E-state index in [0.29, 0.717) is 5.02 Å². The molecular weight excluding hydrogens is 380 g/mol. The van der Waals surface area contributed by atoms with Gasteiger partial charge in [0.05, 0.1) is 23.5 Å². The van der Waals surface area contributed by atoms with Crippen molar-refractivity contribution in [2.24, 2.45) is 0 Å². The number of nitrogens with one attached hydrogen (secondary N) is 1. The summed E-state index contributed by atoms with van der Waals surface area (Å²) in [5.41, 5.74) is 7.14. The van der Waals surface area contributed by atoms with Gasteiger partial charge in [-0.3, -0.25) is 4.79 Å². The highest BCUT2D eigenvalue weighted by Gasteiger charge is 2.24. The van der Waals surface area contributed by atoms with E-state index in [-0.39, 0.29) is 12.3 Å². The van der Waals surface area contributed by atoms with Gasteiger partial charge in [-0.2, -0.15) is 0 Å². The third-order valence-electron chi connectivity index (χ3n) is 5.15. The third kappa shape index (κ3) is 3.20. The molecule has 1 aromatic heterocycles. The molecule has 4 heteroatoms. The van der Waals surface area contributed by atoms with Crippen LogP contribution >= 0.6 is 11.6 Å². The molecule has 1 amide bonds. The topological polar surface area (TPSA) is 42.0 Å². The zero-order valence-electron chi connectivity index (χ0n) is 15.5. The smallest absolute Gasteiger partial charge is 0.228 e. The maximum atomic E-state index is 12.6. The Balaban J connectivity index is 1.86. The lowest BCUT2D eigenvalue weighted by Gasteiger charge is -2.16. The van der Waals surface area contributed by atoms with Crippen LogP contribution in [-0.4, -0.2) is 10.9 Å². The van der Waals surface area contributed by atoms with Crippen molar-refractivity contribution in [3.8, 4) is 33.6 Å². The van der Waals surface area contributed by atoms with Gasteiger partial charge < -0.3 is 5.32 Å². The number of rotatable bonds is 2. The molecule has 0 atom stereocenters.